The quantitative estimate of drug-likeness (QED) is 0.643. The van der Waals surface area contributed by atoms with Crippen LogP contribution in [0.2, 0.25) is 0 Å². The predicted molar refractivity (Wildman–Crippen MR) is 108 cm³/mol. The van der Waals surface area contributed by atoms with Crippen molar-refractivity contribution in [3.63, 3.8) is 0 Å². The molecule has 5 rings (SSSR count). The molecule has 0 bridgehead atoms. The van der Waals surface area contributed by atoms with Gasteiger partial charge >= 0.3 is 0 Å². The fourth-order valence-corrected chi connectivity index (χ4v) is 4.78. The van der Waals surface area contributed by atoms with Crippen LogP contribution in [0.25, 0.3) is 16.3 Å². The molecule has 0 saturated carbocycles. The fourth-order valence-electron chi connectivity index (χ4n) is 4.02. The van der Waals surface area contributed by atoms with Crippen molar-refractivity contribution in [2.24, 2.45) is 0 Å². The lowest BCUT2D eigenvalue weighted by Gasteiger charge is -2.21. The second-order valence-electron chi connectivity index (χ2n) is 6.84. The lowest BCUT2D eigenvalue weighted by Crippen LogP contribution is -2.34. The van der Waals surface area contributed by atoms with E-state index >= 15 is 0 Å². The molecule has 2 amide bonds. The molecule has 1 aromatic heterocycles. The van der Waals surface area contributed by atoms with E-state index in [1.165, 1.54) is 16.2 Å². The highest BCUT2D eigenvalue weighted by molar-refractivity contribution is 7.11. The van der Waals surface area contributed by atoms with Crippen LogP contribution in [0.3, 0.4) is 0 Å². The van der Waals surface area contributed by atoms with E-state index in [-0.39, 0.29) is 11.8 Å². The van der Waals surface area contributed by atoms with Crippen molar-refractivity contribution in [3.8, 4) is 0 Å². The van der Waals surface area contributed by atoms with Crippen LogP contribution in [-0.4, -0.2) is 29.8 Å². The molecular formula is C22H18N2O2S. The number of hydrogen-bond acceptors (Lipinski definition) is 4. The first-order valence-electron chi connectivity index (χ1n) is 9.15. The molecule has 0 N–H and O–H groups in total. The van der Waals surface area contributed by atoms with Crippen molar-refractivity contribution < 1.29 is 9.59 Å². The number of amides is 2. The van der Waals surface area contributed by atoms with E-state index in [1.807, 2.05) is 60.0 Å². The van der Waals surface area contributed by atoms with Crippen molar-refractivity contribution in [1.29, 1.82) is 0 Å². The first-order valence-corrected chi connectivity index (χ1v) is 10.0. The third kappa shape index (κ3) is 2.50. The first-order chi connectivity index (χ1) is 13.3. The highest BCUT2D eigenvalue weighted by Gasteiger charge is 2.43. The van der Waals surface area contributed by atoms with E-state index in [0.29, 0.717) is 17.0 Å². The van der Waals surface area contributed by atoms with Crippen LogP contribution in [0.1, 0.15) is 17.7 Å². The Morgan fingerprint density at radius 2 is 1.59 bits per heavy atom. The van der Waals surface area contributed by atoms with Gasteiger partial charge in [0.1, 0.15) is 5.70 Å². The highest BCUT2D eigenvalue weighted by Crippen LogP contribution is 2.39. The van der Waals surface area contributed by atoms with Gasteiger partial charge < -0.3 is 4.90 Å². The lowest BCUT2D eigenvalue weighted by molar-refractivity contribution is -0.120. The summed E-state index contributed by atoms with van der Waals surface area (Å²) in [6.07, 6.45) is 2.11. The number of carbonyl (C=O) groups excluding carboxylic acids is 2. The second kappa shape index (κ2) is 6.35. The monoisotopic (exact) mass is 374 g/mol. The number of benzene rings is 2. The largest absolute Gasteiger partial charge is 0.366 e. The summed E-state index contributed by atoms with van der Waals surface area (Å²) in [5.74, 6) is -0.428. The van der Waals surface area contributed by atoms with Crippen LogP contribution >= 0.6 is 11.3 Å². The second-order valence-corrected chi connectivity index (χ2v) is 7.79. The molecule has 2 aliphatic rings. The topological polar surface area (TPSA) is 40.6 Å². The smallest absolute Gasteiger partial charge is 0.282 e. The van der Waals surface area contributed by atoms with Gasteiger partial charge in [-0.25, -0.2) is 4.90 Å². The van der Waals surface area contributed by atoms with E-state index in [0.717, 1.165) is 41.6 Å². The third-order valence-corrected chi connectivity index (χ3v) is 6.14. The minimum absolute atomic E-state index is 0.207. The molecule has 0 spiro atoms. The molecule has 1 saturated heterocycles. The molecule has 2 aromatic carbocycles. The Bertz CT molecular complexity index is 1070. The predicted octanol–water partition coefficient (Wildman–Crippen LogP) is 4.28. The van der Waals surface area contributed by atoms with Gasteiger partial charge in [0.05, 0.1) is 11.3 Å². The SMILES string of the molecule is O=C1C(c2cccs2)=C(N2CCCC2)C(=O)N1c1cccc2ccccc12. The van der Waals surface area contributed by atoms with Gasteiger partial charge in [0, 0.05) is 23.4 Å². The maximum atomic E-state index is 13.5. The summed E-state index contributed by atoms with van der Waals surface area (Å²) < 4.78 is 0. The standard InChI is InChI=1S/C22H18N2O2S/c25-21-19(18-11-6-14-27-18)20(23-12-3-4-13-23)22(26)24(21)17-10-5-8-15-7-1-2-9-16(15)17/h1-2,5-11,14H,3-4,12-13H2. The Kier molecular flexibility index (Phi) is 3.83. The van der Waals surface area contributed by atoms with Gasteiger partial charge in [-0.3, -0.25) is 9.59 Å². The first kappa shape index (κ1) is 16.3. The van der Waals surface area contributed by atoms with Gasteiger partial charge in [0.15, 0.2) is 0 Å². The summed E-state index contributed by atoms with van der Waals surface area (Å²) in [4.78, 5) is 31.2. The van der Waals surface area contributed by atoms with Crippen molar-refractivity contribution in [1.82, 2.24) is 4.90 Å². The lowest BCUT2D eigenvalue weighted by atomic mass is 10.1. The van der Waals surface area contributed by atoms with Crippen molar-refractivity contribution in [2.45, 2.75) is 12.8 Å². The van der Waals surface area contributed by atoms with Crippen LogP contribution < -0.4 is 4.90 Å². The molecule has 3 aromatic rings. The summed E-state index contributed by atoms with van der Waals surface area (Å²) in [7, 11) is 0. The Labute approximate surface area is 161 Å². The van der Waals surface area contributed by atoms with Crippen molar-refractivity contribution in [2.75, 3.05) is 18.0 Å². The number of thiophene rings is 1. The van der Waals surface area contributed by atoms with Crippen LogP contribution in [0, 0.1) is 0 Å². The minimum Gasteiger partial charge on any atom is -0.366 e. The minimum atomic E-state index is -0.222. The molecule has 2 aliphatic heterocycles. The summed E-state index contributed by atoms with van der Waals surface area (Å²) in [5.41, 5.74) is 1.77. The van der Waals surface area contributed by atoms with Crippen LogP contribution in [0.5, 0.6) is 0 Å². The number of carbonyl (C=O) groups is 2. The van der Waals surface area contributed by atoms with Gasteiger partial charge in [0.25, 0.3) is 11.8 Å². The third-order valence-electron chi connectivity index (χ3n) is 5.26. The summed E-state index contributed by atoms with van der Waals surface area (Å²) in [5, 5.41) is 3.88. The molecule has 134 valence electrons. The molecular weight excluding hydrogens is 356 g/mol. The van der Waals surface area contributed by atoms with E-state index in [4.69, 9.17) is 0 Å². The molecule has 0 aliphatic carbocycles. The number of imide groups is 1. The zero-order valence-electron chi connectivity index (χ0n) is 14.7. The zero-order chi connectivity index (χ0) is 18.4. The van der Waals surface area contributed by atoms with Crippen molar-refractivity contribution in [3.05, 3.63) is 70.6 Å². The summed E-state index contributed by atoms with van der Waals surface area (Å²) in [6.45, 7) is 1.65. The fraction of sp³-hybridized carbons (Fsp3) is 0.182. The summed E-state index contributed by atoms with van der Waals surface area (Å²) in [6, 6.07) is 17.5. The summed E-state index contributed by atoms with van der Waals surface area (Å²) >= 11 is 1.51. The molecule has 0 unspecified atom stereocenters. The Balaban J connectivity index is 1.68. The van der Waals surface area contributed by atoms with Crippen molar-refractivity contribution >= 4 is 45.2 Å². The number of rotatable bonds is 3. The van der Waals surface area contributed by atoms with E-state index in [2.05, 4.69) is 4.90 Å². The van der Waals surface area contributed by atoms with Crippen LogP contribution in [0.4, 0.5) is 5.69 Å². The van der Waals surface area contributed by atoms with Gasteiger partial charge in [-0.2, -0.15) is 0 Å². The molecule has 4 nitrogen and oxygen atoms in total. The average molecular weight is 374 g/mol. The van der Waals surface area contributed by atoms with Gasteiger partial charge in [0.2, 0.25) is 0 Å². The van der Waals surface area contributed by atoms with Crippen LogP contribution in [0.15, 0.2) is 65.7 Å². The average Bonchev–Trinajstić information content (AvgIpc) is 3.43. The number of likely N-dealkylation sites (tertiary alicyclic amines) is 1. The Hall–Kier alpha value is -2.92. The maximum Gasteiger partial charge on any atom is 0.282 e. The van der Waals surface area contributed by atoms with E-state index in [9.17, 15) is 9.59 Å². The molecule has 1 fully saturated rings. The number of hydrogen-bond donors (Lipinski definition) is 0. The number of fused-ring (bicyclic) bond motifs is 1. The number of nitrogens with zero attached hydrogens (tertiary/aromatic N) is 2. The molecule has 0 atom stereocenters. The molecule has 3 heterocycles. The normalized spacial score (nSPS) is 17.6. The van der Waals surface area contributed by atoms with Gasteiger partial charge in [-0.15, -0.1) is 11.3 Å². The van der Waals surface area contributed by atoms with E-state index < -0.39 is 0 Å². The van der Waals surface area contributed by atoms with Gasteiger partial charge in [-0.1, -0.05) is 42.5 Å². The Morgan fingerprint density at radius 1 is 0.815 bits per heavy atom. The molecule has 0 radical (unpaired) electrons. The highest BCUT2D eigenvalue weighted by atomic mass is 32.1. The van der Waals surface area contributed by atoms with E-state index in [1.54, 1.807) is 0 Å². The molecule has 27 heavy (non-hydrogen) atoms. The van der Waals surface area contributed by atoms with Gasteiger partial charge in [-0.05, 0) is 35.7 Å². The molecule has 5 heteroatoms. The Morgan fingerprint density at radius 3 is 2.37 bits per heavy atom. The van der Waals surface area contributed by atoms with Crippen LogP contribution in [-0.2, 0) is 9.59 Å². The zero-order valence-corrected chi connectivity index (χ0v) is 15.5. The maximum absolute atomic E-state index is 13.5. The number of anilines is 1.